The molecule has 0 aliphatic carbocycles. The second-order valence-corrected chi connectivity index (χ2v) is 8.35. The molecule has 1 aromatic rings. The van der Waals surface area contributed by atoms with E-state index < -0.39 is 8.32 Å². The van der Waals surface area contributed by atoms with E-state index in [9.17, 15) is 0 Å². The van der Waals surface area contributed by atoms with Crippen LogP contribution in [-0.4, -0.2) is 17.9 Å². The maximum absolute atomic E-state index is 5.72. The Hall–Kier alpha value is -0.873. The van der Waals surface area contributed by atoms with Gasteiger partial charge in [0, 0.05) is 18.6 Å². The molecule has 72 valence electrons. The van der Waals surface area contributed by atoms with Crippen molar-refractivity contribution in [3.05, 3.63) is 24.8 Å². The first-order chi connectivity index (χ1) is 6.03. The molecule has 3 nitrogen and oxygen atoms in total. The lowest BCUT2D eigenvalue weighted by atomic mass is 10.6. The van der Waals surface area contributed by atoms with E-state index in [4.69, 9.17) is 4.43 Å². The van der Waals surface area contributed by atoms with Gasteiger partial charge in [-0.05, 0) is 19.6 Å². The molecule has 0 aliphatic rings. The van der Waals surface area contributed by atoms with Crippen LogP contribution in [0, 0.1) is 0 Å². The first-order valence-corrected chi connectivity index (χ1v) is 7.72. The highest BCUT2D eigenvalue weighted by Crippen LogP contribution is 2.07. The highest BCUT2D eigenvalue weighted by Gasteiger charge is 2.15. The van der Waals surface area contributed by atoms with Crippen LogP contribution in [-0.2, 0) is 11.0 Å². The van der Waals surface area contributed by atoms with Gasteiger partial charge in [-0.15, -0.1) is 0 Å². The number of rotatable bonds is 4. The molecule has 0 saturated heterocycles. The van der Waals surface area contributed by atoms with Crippen LogP contribution in [0.3, 0.4) is 0 Å². The van der Waals surface area contributed by atoms with Gasteiger partial charge in [-0.2, -0.15) is 0 Å². The maximum atomic E-state index is 5.72. The first-order valence-electron chi connectivity index (χ1n) is 4.31. The summed E-state index contributed by atoms with van der Waals surface area (Å²) in [6, 6.07) is 0. The zero-order valence-electron chi connectivity index (χ0n) is 8.45. The molecule has 1 aromatic heterocycles. The summed E-state index contributed by atoms with van der Waals surface area (Å²) in [7, 11) is -1.44. The summed E-state index contributed by atoms with van der Waals surface area (Å²) in [5.41, 5.74) is 0. The van der Waals surface area contributed by atoms with Gasteiger partial charge in [-0.1, -0.05) is 6.58 Å². The number of nitrogens with zero attached hydrogens (tertiary/aromatic N) is 2. The summed E-state index contributed by atoms with van der Waals surface area (Å²) in [5, 5.41) is 0. The molecule has 0 radical (unpaired) electrons. The molecule has 0 fully saturated rings. The third-order valence-electron chi connectivity index (χ3n) is 1.58. The molecule has 0 aliphatic heterocycles. The van der Waals surface area contributed by atoms with Crippen molar-refractivity contribution in [3.63, 3.8) is 0 Å². The number of hydrogen-bond donors (Lipinski definition) is 0. The van der Waals surface area contributed by atoms with E-state index in [1.807, 2.05) is 10.8 Å². The molecule has 0 saturated carbocycles. The Morgan fingerprint density at radius 3 is 2.85 bits per heavy atom. The predicted octanol–water partition coefficient (Wildman–Crippen LogP) is 2.34. The van der Waals surface area contributed by atoms with E-state index in [0.29, 0.717) is 6.61 Å². The average molecular weight is 196 g/mol. The van der Waals surface area contributed by atoms with Gasteiger partial charge >= 0.3 is 0 Å². The molecule has 1 rings (SSSR count). The van der Waals surface area contributed by atoms with Crippen molar-refractivity contribution >= 4 is 14.5 Å². The van der Waals surface area contributed by atoms with Gasteiger partial charge < -0.3 is 8.99 Å². The van der Waals surface area contributed by atoms with Gasteiger partial charge in [0.25, 0.3) is 0 Å². The Bertz CT molecular complexity index is 288. The highest BCUT2D eigenvalue weighted by atomic mass is 28.4. The quantitative estimate of drug-likeness (QED) is 0.691. The standard InChI is InChI=1S/C9H16N2OSi/c1-5-11-7-6-10-9(11)8-12-13(2,3)4/h5-7H,1,8H2,2-4H3. The van der Waals surface area contributed by atoms with Crippen molar-refractivity contribution in [2.45, 2.75) is 26.2 Å². The Balaban J connectivity index is 2.59. The van der Waals surface area contributed by atoms with Crippen LogP contribution < -0.4 is 0 Å². The van der Waals surface area contributed by atoms with Crippen LogP contribution in [0.1, 0.15) is 5.82 Å². The smallest absolute Gasteiger partial charge is 0.184 e. The fraction of sp³-hybridized carbons (Fsp3) is 0.444. The Kier molecular flexibility index (Phi) is 3.06. The van der Waals surface area contributed by atoms with E-state index in [1.54, 1.807) is 12.4 Å². The lowest BCUT2D eigenvalue weighted by molar-refractivity contribution is 0.288. The summed E-state index contributed by atoms with van der Waals surface area (Å²) in [5.74, 6) is 0.914. The van der Waals surface area contributed by atoms with Crippen molar-refractivity contribution in [3.8, 4) is 0 Å². The van der Waals surface area contributed by atoms with Crippen LogP contribution >= 0.6 is 0 Å². The largest absolute Gasteiger partial charge is 0.410 e. The minimum Gasteiger partial charge on any atom is -0.410 e. The average Bonchev–Trinajstić information content (AvgIpc) is 2.46. The fourth-order valence-corrected chi connectivity index (χ4v) is 1.47. The van der Waals surface area contributed by atoms with Crippen molar-refractivity contribution in [1.82, 2.24) is 9.55 Å². The second kappa shape index (κ2) is 3.89. The van der Waals surface area contributed by atoms with E-state index in [2.05, 4.69) is 31.2 Å². The van der Waals surface area contributed by atoms with Crippen LogP contribution in [0.4, 0.5) is 0 Å². The number of imidazole rings is 1. The van der Waals surface area contributed by atoms with Gasteiger partial charge in [0.05, 0.1) is 6.61 Å². The summed E-state index contributed by atoms with van der Waals surface area (Å²) in [4.78, 5) is 4.18. The van der Waals surface area contributed by atoms with E-state index in [-0.39, 0.29) is 0 Å². The molecule has 0 atom stereocenters. The second-order valence-electron chi connectivity index (χ2n) is 3.83. The summed E-state index contributed by atoms with van der Waals surface area (Å²) >= 11 is 0. The normalized spacial score (nSPS) is 11.6. The summed E-state index contributed by atoms with van der Waals surface area (Å²) in [6.07, 6.45) is 5.36. The first kappa shape index (κ1) is 10.2. The molecule has 0 bridgehead atoms. The SMILES string of the molecule is C=Cn1ccnc1CO[Si](C)(C)C. The third-order valence-corrected chi connectivity index (χ3v) is 2.59. The Morgan fingerprint density at radius 2 is 2.31 bits per heavy atom. The van der Waals surface area contributed by atoms with E-state index >= 15 is 0 Å². The van der Waals surface area contributed by atoms with Crippen molar-refractivity contribution in [2.24, 2.45) is 0 Å². The molecule has 1 heterocycles. The summed E-state index contributed by atoms with van der Waals surface area (Å²) in [6.45, 7) is 10.7. The van der Waals surface area contributed by atoms with Gasteiger partial charge in [-0.25, -0.2) is 4.98 Å². The highest BCUT2D eigenvalue weighted by molar-refractivity contribution is 6.69. The summed E-state index contributed by atoms with van der Waals surface area (Å²) < 4.78 is 7.60. The van der Waals surface area contributed by atoms with Crippen LogP contribution in [0.2, 0.25) is 19.6 Å². The zero-order valence-corrected chi connectivity index (χ0v) is 9.45. The maximum Gasteiger partial charge on any atom is 0.184 e. The van der Waals surface area contributed by atoms with Crippen LogP contribution in [0.25, 0.3) is 6.20 Å². The third kappa shape index (κ3) is 3.16. The van der Waals surface area contributed by atoms with E-state index in [1.165, 1.54) is 0 Å². The molecule has 0 spiro atoms. The molecule has 0 unspecified atom stereocenters. The minimum absolute atomic E-state index is 0.578. The van der Waals surface area contributed by atoms with Gasteiger partial charge in [-0.3, -0.25) is 0 Å². The minimum atomic E-state index is -1.44. The molecule has 4 heteroatoms. The van der Waals surface area contributed by atoms with Gasteiger partial charge in [0.2, 0.25) is 0 Å². The van der Waals surface area contributed by atoms with Crippen molar-refractivity contribution < 1.29 is 4.43 Å². The Morgan fingerprint density at radius 1 is 1.62 bits per heavy atom. The molecule has 0 aromatic carbocycles. The topological polar surface area (TPSA) is 27.1 Å². The molecule has 0 N–H and O–H groups in total. The van der Waals surface area contributed by atoms with Crippen LogP contribution in [0.15, 0.2) is 19.0 Å². The monoisotopic (exact) mass is 196 g/mol. The molecular weight excluding hydrogens is 180 g/mol. The molecule has 0 amide bonds. The van der Waals surface area contributed by atoms with Crippen LogP contribution in [0.5, 0.6) is 0 Å². The lowest BCUT2D eigenvalue weighted by Gasteiger charge is -2.16. The van der Waals surface area contributed by atoms with Gasteiger partial charge in [0.1, 0.15) is 5.82 Å². The Labute approximate surface area is 80.2 Å². The predicted molar refractivity (Wildman–Crippen MR) is 56.7 cm³/mol. The lowest BCUT2D eigenvalue weighted by Crippen LogP contribution is -2.25. The number of aromatic nitrogens is 2. The van der Waals surface area contributed by atoms with E-state index in [0.717, 1.165) is 5.82 Å². The fourth-order valence-electron chi connectivity index (χ4n) is 0.903. The number of hydrogen-bond acceptors (Lipinski definition) is 2. The zero-order chi connectivity index (χ0) is 9.90. The van der Waals surface area contributed by atoms with Crippen molar-refractivity contribution in [2.75, 3.05) is 0 Å². The van der Waals surface area contributed by atoms with Crippen molar-refractivity contribution in [1.29, 1.82) is 0 Å². The van der Waals surface area contributed by atoms with Gasteiger partial charge in [0.15, 0.2) is 8.32 Å². The molecular formula is C9H16N2OSi. The molecule has 13 heavy (non-hydrogen) atoms.